The van der Waals surface area contributed by atoms with Gasteiger partial charge >= 0.3 is 0 Å². The fourth-order valence-electron chi connectivity index (χ4n) is 2.54. The third kappa shape index (κ3) is 4.19. The minimum atomic E-state index is 0.480. The second kappa shape index (κ2) is 6.77. The lowest BCUT2D eigenvalue weighted by molar-refractivity contribution is 0.245. The zero-order chi connectivity index (χ0) is 14.7. The van der Waals surface area contributed by atoms with Crippen LogP contribution in [0.2, 0.25) is 0 Å². The molecule has 1 saturated carbocycles. The van der Waals surface area contributed by atoms with Gasteiger partial charge in [-0.2, -0.15) is 0 Å². The van der Waals surface area contributed by atoms with Gasteiger partial charge in [0.25, 0.3) is 0 Å². The molecule has 1 fully saturated rings. The van der Waals surface area contributed by atoms with Gasteiger partial charge in [0, 0.05) is 35.6 Å². The predicted molar refractivity (Wildman–Crippen MR) is 87.3 cm³/mol. The highest BCUT2D eigenvalue weighted by Gasteiger charge is 2.29. The highest BCUT2D eigenvalue weighted by atomic mass is 32.1. The van der Waals surface area contributed by atoms with Crippen LogP contribution in [0.5, 0.6) is 0 Å². The SMILES string of the molecule is CC(C)NCc1occc1CN(Cc1cccs1)C1CC1. The molecule has 1 aliphatic rings. The molecule has 2 aromatic heterocycles. The molecule has 3 nitrogen and oxygen atoms in total. The van der Waals surface area contributed by atoms with Gasteiger partial charge in [0.1, 0.15) is 5.76 Å². The van der Waals surface area contributed by atoms with Gasteiger partial charge in [-0.05, 0) is 30.4 Å². The largest absolute Gasteiger partial charge is 0.468 e. The number of rotatable bonds is 8. The van der Waals surface area contributed by atoms with Crippen molar-refractivity contribution in [3.8, 4) is 0 Å². The lowest BCUT2D eigenvalue weighted by Crippen LogP contribution is -2.26. The Hall–Kier alpha value is -1.10. The molecule has 2 heterocycles. The van der Waals surface area contributed by atoms with E-state index in [4.69, 9.17) is 4.42 Å². The van der Waals surface area contributed by atoms with Crippen molar-refractivity contribution in [3.05, 3.63) is 46.0 Å². The summed E-state index contributed by atoms with van der Waals surface area (Å²) in [6, 6.07) is 7.74. The first-order valence-electron chi connectivity index (χ1n) is 7.77. The van der Waals surface area contributed by atoms with Crippen molar-refractivity contribution >= 4 is 11.3 Å². The number of nitrogens with zero attached hydrogens (tertiary/aromatic N) is 1. The van der Waals surface area contributed by atoms with Crippen LogP contribution in [0.4, 0.5) is 0 Å². The first-order chi connectivity index (χ1) is 10.2. The van der Waals surface area contributed by atoms with Crippen molar-refractivity contribution < 1.29 is 4.42 Å². The Bertz CT molecular complexity index is 543. The van der Waals surface area contributed by atoms with E-state index in [0.717, 1.165) is 31.4 Å². The zero-order valence-electron chi connectivity index (χ0n) is 12.8. The maximum Gasteiger partial charge on any atom is 0.122 e. The van der Waals surface area contributed by atoms with Crippen LogP contribution in [-0.2, 0) is 19.6 Å². The van der Waals surface area contributed by atoms with Gasteiger partial charge in [-0.15, -0.1) is 11.3 Å². The molecule has 0 spiro atoms. The fourth-order valence-corrected chi connectivity index (χ4v) is 3.26. The van der Waals surface area contributed by atoms with Crippen LogP contribution in [0.3, 0.4) is 0 Å². The summed E-state index contributed by atoms with van der Waals surface area (Å²) in [5.74, 6) is 1.08. The average Bonchev–Trinajstić information content (AvgIpc) is 3.00. The van der Waals surface area contributed by atoms with E-state index in [2.05, 4.69) is 47.6 Å². The van der Waals surface area contributed by atoms with Crippen molar-refractivity contribution in [3.63, 3.8) is 0 Å². The van der Waals surface area contributed by atoms with Gasteiger partial charge in [0.15, 0.2) is 0 Å². The Morgan fingerprint density at radius 1 is 1.33 bits per heavy atom. The Labute approximate surface area is 131 Å². The van der Waals surface area contributed by atoms with E-state index in [0.29, 0.717) is 6.04 Å². The van der Waals surface area contributed by atoms with Crippen molar-refractivity contribution in [1.82, 2.24) is 10.2 Å². The van der Waals surface area contributed by atoms with Crippen LogP contribution in [0.15, 0.2) is 34.3 Å². The average molecular weight is 304 g/mol. The second-order valence-electron chi connectivity index (χ2n) is 6.12. The van der Waals surface area contributed by atoms with Crippen molar-refractivity contribution in [2.24, 2.45) is 0 Å². The first-order valence-corrected chi connectivity index (χ1v) is 8.65. The Balaban J connectivity index is 1.64. The van der Waals surface area contributed by atoms with Crippen LogP contribution < -0.4 is 5.32 Å². The minimum Gasteiger partial charge on any atom is -0.468 e. The maximum atomic E-state index is 5.66. The van der Waals surface area contributed by atoms with Crippen LogP contribution in [0.25, 0.3) is 0 Å². The molecule has 0 saturated heterocycles. The molecule has 0 radical (unpaired) electrons. The zero-order valence-corrected chi connectivity index (χ0v) is 13.7. The molecule has 2 aromatic rings. The number of furan rings is 1. The predicted octanol–water partition coefficient (Wildman–Crippen LogP) is 4.00. The second-order valence-corrected chi connectivity index (χ2v) is 7.15. The van der Waals surface area contributed by atoms with Crippen LogP contribution in [0, 0.1) is 0 Å². The van der Waals surface area contributed by atoms with Gasteiger partial charge in [-0.25, -0.2) is 0 Å². The maximum absolute atomic E-state index is 5.66. The molecule has 3 rings (SSSR count). The Morgan fingerprint density at radius 3 is 2.86 bits per heavy atom. The number of nitrogens with one attached hydrogen (secondary N) is 1. The topological polar surface area (TPSA) is 28.4 Å². The Kier molecular flexibility index (Phi) is 4.78. The summed E-state index contributed by atoms with van der Waals surface area (Å²) < 4.78 is 5.66. The standard InChI is InChI=1S/C17H24N2OS/c1-13(2)18-10-17-14(7-8-20-17)11-19(15-5-6-15)12-16-4-3-9-21-16/h3-4,7-9,13,15,18H,5-6,10-12H2,1-2H3. The monoisotopic (exact) mass is 304 g/mol. The van der Waals surface area contributed by atoms with Gasteiger partial charge in [-0.3, -0.25) is 4.90 Å². The molecular formula is C17H24N2OS. The van der Waals surface area contributed by atoms with Crippen LogP contribution >= 0.6 is 11.3 Å². The third-order valence-corrected chi connectivity index (χ3v) is 4.75. The van der Waals surface area contributed by atoms with E-state index in [1.807, 2.05) is 17.6 Å². The molecule has 0 aromatic carbocycles. The summed E-state index contributed by atoms with van der Waals surface area (Å²) in [4.78, 5) is 4.04. The van der Waals surface area contributed by atoms with Crippen molar-refractivity contribution in [2.45, 2.75) is 58.4 Å². The highest BCUT2D eigenvalue weighted by molar-refractivity contribution is 7.09. The molecule has 114 valence electrons. The smallest absolute Gasteiger partial charge is 0.122 e. The van der Waals surface area contributed by atoms with Gasteiger partial charge in [0.05, 0.1) is 12.8 Å². The normalized spacial score (nSPS) is 15.2. The van der Waals surface area contributed by atoms with E-state index in [1.54, 1.807) is 0 Å². The number of thiophene rings is 1. The van der Waals surface area contributed by atoms with Crippen LogP contribution in [-0.4, -0.2) is 17.0 Å². The number of hydrogen-bond donors (Lipinski definition) is 1. The minimum absolute atomic E-state index is 0.480. The lowest BCUT2D eigenvalue weighted by atomic mass is 10.2. The summed E-state index contributed by atoms with van der Waals surface area (Å²) in [7, 11) is 0. The quantitative estimate of drug-likeness (QED) is 0.799. The van der Waals surface area contributed by atoms with E-state index in [9.17, 15) is 0 Å². The molecule has 0 bridgehead atoms. The molecule has 0 atom stereocenters. The number of hydrogen-bond acceptors (Lipinski definition) is 4. The first kappa shape index (κ1) is 14.8. The summed E-state index contributed by atoms with van der Waals surface area (Å²) >= 11 is 1.85. The molecular weight excluding hydrogens is 280 g/mol. The van der Waals surface area contributed by atoms with Gasteiger partial charge < -0.3 is 9.73 Å². The summed E-state index contributed by atoms with van der Waals surface area (Å²) in [6.07, 6.45) is 4.49. The van der Waals surface area contributed by atoms with Gasteiger partial charge in [0.2, 0.25) is 0 Å². The molecule has 0 aliphatic heterocycles. The van der Waals surface area contributed by atoms with Crippen LogP contribution in [0.1, 0.15) is 42.9 Å². The lowest BCUT2D eigenvalue weighted by Gasteiger charge is -2.21. The fraction of sp³-hybridized carbons (Fsp3) is 0.529. The third-order valence-electron chi connectivity index (χ3n) is 3.88. The van der Waals surface area contributed by atoms with Gasteiger partial charge in [-0.1, -0.05) is 19.9 Å². The van der Waals surface area contributed by atoms with Crippen molar-refractivity contribution in [1.29, 1.82) is 0 Å². The summed E-state index contributed by atoms with van der Waals surface area (Å²) in [5.41, 5.74) is 1.33. The molecule has 21 heavy (non-hydrogen) atoms. The van der Waals surface area contributed by atoms with E-state index >= 15 is 0 Å². The summed E-state index contributed by atoms with van der Waals surface area (Å²) in [5, 5.41) is 5.60. The molecule has 1 N–H and O–H groups in total. The summed E-state index contributed by atoms with van der Waals surface area (Å²) in [6.45, 7) is 7.20. The molecule has 1 aliphatic carbocycles. The highest BCUT2D eigenvalue weighted by Crippen LogP contribution is 2.31. The van der Waals surface area contributed by atoms with E-state index in [1.165, 1.54) is 23.3 Å². The molecule has 4 heteroatoms. The molecule has 0 amide bonds. The van der Waals surface area contributed by atoms with E-state index in [-0.39, 0.29) is 0 Å². The Morgan fingerprint density at radius 2 is 2.19 bits per heavy atom. The molecule has 0 unspecified atom stereocenters. The van der Waals surface area contributed by atoms with Crippen molar-refractivity contribution in [2.75, 3.05) is 0 Å². The van der Waals surface area contributed by atoms with E-state index < -0.39 is 0 Å².